The molecular weight excluding hydrogens is 289 g/mol. The lowest BCUT2D eigenvalue weighted by atomic mass is 10.0. The molecule has 2 rings (SSSR count). The van der Waals surface area contributed by atoms with Gasteiger partial charge in [0.1, 0.15) is 0 Å². The van der Waals surface area contributed by atoms with E-state index in [1.807, 2.05) is 12.1 Å². The maximum Gasteiger partial charge on any atom is 0.0595 e. The molecule has 0 aliphatic heterocycles. The molecule has 0 radical (unpaired) electrons. The third-order valence-corrected chi connectivity index (χ3v) is 5.19. The molecule has 0 amide bonds. The highest BCUT2D eigenvalue weighted by Crippen LogP contribution is 2.29. The quantitative estimate of drug-likeness (QED) is 0.672. The summed E-state index contributed by atoms with van der Waals surface area (Å²) in [6, 6.07) is 7.01. The van der Waals surface area contributed by atoms with Gasteiger partial charge in [-0.1, -0.05) is 56.0 Å². The fraction of sp³-hybridized carbons (Fsp3) is 0.647. The Hall–Kier alpha value is -0.240. The van der Waals surface area contributed by atoms with E-state index in [0.29, 0.717) is 22.1 Å². The summed E-state index contributed by atoms with van der Waals surface area (Å²) in [6.45, 7) is 4.60. The molecule has 0 spiro atoms. The van der Waals surface area contributed by atoms with E-state index >= 15 is 0 Å². The molecule has 1 N–H and O–H groups in total. The maximum atomic E-state index is 6.14. The fourth-order valence-corrected chi connectivity index (χ4v) is 3.42. The van der Waals surface area contributed by atoms with Gasteiger partial charge in [-0.25, -0.2) is 0 Å². The zero-order valence-electron chi connectivity index (χ0n) is 12.5. The van der Waals surface area contributed by atoms with Crippen LogP contribution in [0.1, 0.15) is 64.0 Å². The summed E-state index contributed by atoms with van der Waals surface area (Å²) in [5.74, 6) is 0.881. The van der Waals surface area contributed by atoms with Crippen LogP contribution in [-0.2, 0) is 0 Å². The second-order valence-corrected chi connectivity index (χ2v) is 6.93. The topological polar surface area (TPSA) is 12.0 Å². The SMILES string of the molecule is CCC(NC1CCCC(C)CC1)c1ccc(Cl)c(Cl)c1. The van der Waals surface area contributed by atoms with Crippen LogP contribution in [0, 0.1) is 5.92 Å². The van der Waals surface area contributed by atoms with Crippen molar-refractivity contribution in [2.75, 3.05) is 0 Å². The monoisotopic (exact) mass is 313 g/mol. The van der Waals surface area contributed by atoms with Crippen molar-refractivity contribution >= 4 is 23.2 Å². The molecule has 0 bridgehead atoms. The molecule has 1 aliphatic rings. The summed E-state index contributed by atoms with van der Waals surface area (Å²) in [5, 5.41) is 5.11. The molecule has 1 aliphatic carbocycles. The molecule has 20 heavy (non-hydrogen) atoms. The number of benzene rings is 1. The van der Waals surface area contributed by atoms with Gasteiger partial charge in [-0.15, -0.1) is 0 Å². The summed E-state index contributed by atoms with van der Waals surface area (Å²) < 4.78 is 0. The summed E-state index contributed by atoms with van der Waals surface area (Å²) in [5.41, 5.74) is 1.25. The first kappa shape index (κ1) is 16.1. The van der Waals surface area contributed by atoms with Crippen molar-refractivity contribution in [2.45, 2.75) is 64.5 Å². The lowest BCUT2D eigenvalue weighted by Crippen LogP contribution is -2.32. The Morgan fingerprint density at radius 3 is 2.65 bits per heavy atom. The average molecular weight is 314 g/mol. The number of halogens is 2. The van der Waals surface area contributed by atoms with E-state index in [1.165, 1.54) is 37.7 Å². The normalized spacial score (nSPS) is 25.2. The molecule has 0 aromatic heterocycles. The molecule has 1 saturated carbocycles. The van der Waals surface area contributed by atoms with E-state index < -0.39 is 0 Å². The fourth-order valence-electron chi connectivity index (χ4n) is 3.12. The van der Waals surface area contributed by atoms with Gasteiger partial charge in [0.05, 0.1) is 10.0 Å². The molecule has 3 heteroatoms. The molecular formula is C17H25Cl2N. The van der Waals surface area contributed by atoms with Gasteiger partial charge in [-0.3, -0.25) is 0 Å². The third kappa shape index (κ3) is 4.38. The van der Waals surface area contributed by atoms with Crippen LogP contribution in [0.5, 0.6) is 0 Å². The Kier molecular flexibility index (Phi) is 6.20. The Balaban J connectivity index is 2.02. The maximum absolute atomic E-state index is 6.14. The molecule has 3 unspecified atom stereocenters. The van der Waals surface area contributed by atoms with Crippen molar-refractivity contribution in [1.82, 2.24) is 5.32 Å². The highest BCUT2D eigenvalue weighted by Gasteiger charge is 2.19. The van der Waals surface area contributed by atoms with E-state index in [1.54, 1.807) is 0 Å². The van der Waals surface area contributed by atoms with Gasteiger partial charge in [-0.05, 0) is 49.3 Å². The molecule has 1 fully saturated rings. The Morgan fingerprint density at radius 2 is 1.95 bits per heavy atom. The summed E-state index contributed by atoms with van der Waals surface area (Å²) in [4.78, 5) is 0. The highest BCUT2D eigenvalue weighted by atomic mass is 35.5. The first-order valence-corrected chi connectivity index (χ1v) is 8.56. The van der Waals surface area contributed by atoms with Crippen LogP contribution in [0.2, 0.25) is 10.0 Å². The van der Waals surface area contributed by atoms with E-state index in [9.17, 15) is 0 Å². The van der Waals surface area contributed by atoms with Crippen molar-refractivity contribution < 1.29 is 0 Å². The lowest BCUT2D eigenvalue weighted by molar-refractivity contribution is 0.387. The number of nitrogens with one attached hydrogen (secondary N) is 1. The van der Waals surface area contributed by atoms with Gasteiger partial charge in [-0.2, -0.15) is 0 Å². The third-order valence-electron chi connectivity index (χ3n) is 4.45. The Bertz CT molecular complexity index is 433. The van der Waals surface area contributed by atoms with Gasteiger partial charge < -0.3 is 5.32 Å². The molecule has 112 valence electrons. The smallest absolute Gasteiger partial charge is 0.0595 e. The van der Waals surface area contributed by atoms with Crippen LogP contribution < -0.4 is 5.32 Å². The molecule has 1 nitrogen and oxygen atoms in total. The van der Waals surface area contributed by atoms with Gasteiger partial charge in [0, 0.05) is 12.1 Å². The van der Waals surface area contributed by atoms with E-state index in [0.717, 1.165) is 12.3 Å². The van der Waals surface area contributed by atoms with Crippen molar-refractivity contribution in [1.29, 1.82) is 0 Å². The molecule has 1 aromatic carbocycles. The van der Waals surface area contributed by atoms with E-state index in [4.69, 9.17) is 23.2 Å². The van der Waals surface area contributed by atoms with Gasteiger partial charge in [0.2, 0.25) is 0 Å². The highest BCUT2D eigenvalue weighted by molar-refractivity contribution is 6.42. The van der Waals surface area contributed by atoms with Gasteiger partial charge in [0.25, 0.3) is 0 Å². The number of hydrogen-bond acceptors (Lipinski definition) is 1. The zero-order valence-corrected chi connectivity index (χ0v) is 14.0. The minimum atomic E-state index is 0.378. The molecule has 3 atom stereocenters. The van der Waals surface area contributed by atoms with Gasteiger partial charge in [0.15, 0.2) is 0 Å². The standard InChI is InChI=1S/C17H25Cl2N/c1-3-17(13-8-10-15(18)16(19)11-13)20-14-6-4-5-12(2)7-9-14/h8,10-12,14,17,20H,3-7,9H2,1-2H3. The van der Waals surface area contributed by atoms with Gasteiger partial charge >= 0.3 is 0 Å². The van der Waals surface area contributed by atoms with Crippen LogP contribution >= 0.6 is 23.2 Å². The summed E-state index contributed by atoms with van der Waals surface area (Å²) in [6.07, 6.45) is 7.72. The second-order valence-electron chi connectivity index (χ2n) is 6.11. The zero-order chi connectivity index (χ0) is 14.5. The van der Waals surface area contributed by atoms with E-state index in [2.05, 4.69) is 25.2 Å². The predicted octanol–water partition coefficient (Wildman–Crippen LogP) is 6.00. The Labute approximate surface area is 133 Å². The summed E-state index contributed by atoms with van der Waals surface area (Å²) >= 11 is 12.1. The van der Waals surface area contributed by atoms with Crippen LogP contribution in [0.3, 0.4) is 0 Å². The second kappa shape index (κ2) is 7.68. The van der Waals surface area contributed by atoms with Crippen LogP contribution in [0.15, 0.2) is 18.2 Å². The minimum absolute atomic E-state index is 0.378. The van der Waals surface area contributed by atoms with Crippen LogP contribution in [0.4, 0.5) is 0 Å². The van der Waals surface area contributed by atoms with Crippen molar-refractivity contribution in [3.05, 3.63) is 33.8 Å². The first-order chi connectivity index (χ1) is 9.60. The lowest BCUT2D eigenvalue weighted by Gasteiger charge is -2.25. The molecule has 1 aromatic rings. The molecule has 0 heterocycles. The predicted molar refractivity (Wildman–Crippen MR) is 88.7 cm³/mol. The number of rotatable bonds is 4. The minimum Gasteiger partial charge on any atom is -0.307 e. The largest absolute Gasteiger partial charge is 0.307 e. The number of hydrogen-bond donors (Lipinski definition) is 1. The van der Waals surface area contributed by atoms with Crippen molar-refractivity contribution in [3.63, 3.8) is 0 Å². The Morgan fingerprint density at radius 1 is 1.15 bits per heavy atom. The average Bonchev–Trinajstić information content (AvgIpc) is 2.64. The van der Waals surface area contributed by atoms with Crippen molar-refractivity contribution in [3.8, 4) is 0 Å². The first-order valence-electron chi connectivity index (χ1n) is 7.81. The van der Waals surface area contributed by atoms with E-state index in [-0.39, 0.29) is 0 Å². The van der Waals surface area contributed by atoms with Crippen molar-refractivity contribution in [2.24, 2.45) is 5.92 Å². The molecule has 0 saturated heterocycles. The van der Waals surface area contributed by atoms with Crippen LogP contribution in [-0.4, -0.2) is 6.04 Å². The summed E-state index contributed by atoms with van der Waals surface area (Å²) in [7, 11) is 0. The van der Waals surface area contributed by atoms with Crippen LogP contribution in [0.25, 0.3) is 0 Å².